The molecule has 2 nitrogen and oxygen atoms in total. The highest BCUT2D eigenvalue weighted by atomic mass is 32.2. The van der Waals surface area contributed by atoms with Crippen LogP contribution < -0.4 is 5.46 Å². The number of hydrogen-bond donors (Lipinski definition) is 0. The number of hydrogen-bond acceptors (Lipinski definition) is 3. The normalized spacial score (nSPS) is 16.5. The van der Waals surface area contributed by atoms with Gasteiger partial charge in [-0.15, -0.1) is 0 Å². The minimum absolute atomic E-state index is 0.339. The van der Waals surface area contributed by atoms with Crippen molar-refractivity contribution in [3.63, 3.8) is 0 Å². The zero-order chi connectivity index (χ0) is 28.9. The minimum Gasteiger partial charge on any atom is -0.399 e. The van der Waals surface area contributed by atoms with Crippen LogP contribution in [0.5, 0.6) is 0 Å². The van der Waals surface area contributed by atoms with E-state index in [0.717, 1.165) is 5.46 Å². The summed E-state index contributed by atoms with van der Waals surface area (Å²) in [6.07, 6.45) is 4.46. The molecule has 0 unspecified atom stereocenters. The molecular weight excluding hydrogens is 531 g/mol. The SMILES string of the molecule is CC1(C)OB(c2ccc(-c3ccc(-c4ccc(-c5ccc6c(c5)C=Cc5ccccc5S6)cc4)cc3)cc2)OC1(C)C. The summed E-state index contributed by atoms with van der Waals surface area (Å²) in [5.74, 6) is 0. The van der Waals surface area contributed by atoms with Gasteiger partial charge in [0.05, 0.1) is 11.2 Å². The molecule has 2 aliphatic heterocycles. The molecule has 42 heavy (non-hydrogen) atoms. The van der Waals surface area contributed by atoms with Crippen molar-refractivity contribution in [3.05, 3.63) is 126 Å². The summed E-state index contributed by atoms with van der Waals surface area (Å²) >= 11 is 1.84. The molecule has 0 saturated carbocycles. The van der Waals surface area contributed by atoms with E-state index >= 15 is 0 Å². The van der Waals surface area contributed by atoms with Gasteiger partial charge < -0.3 is 9.31 Å². The van der Waals surface area contributed by atoms with Gasteiger partial charge in [0, 0.05) is 9.79 Å². The summed E-state index contributed by atoms with van der Waals surface area (Å²) in [6, 6.07) is 41.6. The average Bonchev–Trinajstić information content (AvgIpc) is 3.12. The van der Waals surface area contributed by atoms with Crippen LogP contribution in [0.3, 0.4) is 0 Å². The fourth-order valence-corrected chi connectivity index (χ4v) is 6.50. The van der Waals surface area contributed by atoms with Gasteiger partial charge in [-0.1, -0.05) is 121 Å². The van der Waals surface area contributed by atoms with Gasteiger partial charge >= 0.3 is 7.12 Å². The Bertz CT molecular complexity index is 1770. The number of fused-ring (bicyclic) bond motifs is 2. The fraction of sp³-hybridized carbons (Fsp3) is 0.158. The second kappa shape index (κ2) is 10.5. The van der Waals surface area contributed by atoms with E-state index in [1.807, 2.05) is 11.8 Å². The van der Waals surface area contributed by atoms with Crippen LogP contribution in [0.2, 0.25) is 0 Å². The third kappa shape index (κ3) is 5.05. The van der Waals surface area contributed by atoms with E-state index in [1.165, 1.54) is 54.3 Å². The van der Waals surface area contributed by atoms with Crippen molar-refractivity contribution in [2.75, 3.05) is 0 Å². The molecule has 7 rings (SSSR count). The van der Waals surface area contributed by atoms with E-state index in [-0.39, 0.29) is 18.3 Å². The van der Waals surface area contributed by atoms with Crippen LogP contribution in [-0.4, -0.2) is 18.3 Å². The second-order valence-electron chi connectivity index (χ2n) is 12.1. The summed E-state index contributed by atoms with van der Waals surface area (Å²) in [7, 11) is -0.340. The maximum absolute atomic E-state index is 6.21. The van der Waals surface area contributed by atoms with Crippen molar-refractivity contribution in [1.82, 2.24) is 0 Å². The van der Waals surface area contributed by atoms with Gasteiger partial charge in [0.2, 0.25) is 0 Å². The van der Waals surface area contributed by atoms with Gasteiger partial charge in [0.15, 0.2) is 0 Å². The molecule has 0 amide bonds. The molecule has 1 saturated heterocycles. The first-order chi connectivity index (χ1) is 20.3. The molecule has 2 heterocycles. The van der Waals surface area contributed by atoms with Crippen LogP contribution >= 0.6 is 11.8 Å². The van der Waals surface area contributed by atoms with E-state index in [4.69, 9.17) is 9.31 Å². The first-order valence-electron chi connectivity index (χ1n) is 14.5. The van der Waals surface area contributed by atoms with Crippen molar-refractivity contribution >= 4 is 36.5 Å². The van der Waals surface area contributed by atoms with Crippen LogP contribution in [-0.2, 0) is 9.31 Å². The monoisotopic (exact) mass is 564 g/mol. The Morgan fingerprint density at radius 3 is 1.48 bits per heavy atom. The Kier molecular flexibility index (Phi) is 6.74. The Labute approximate surface area is 253 Å². The van der Waals surface area contributed by atoms with E-state index < -0.39 is 0 Å². The maximum Gasteiger partial charge on any atom is 0.494 e. The third-order valence-corrected chi connectivity index (χ3v) is 9.98. The third-order valence-electron chi connectivity index (χ3n) is 8.80. The van der Waals surface area contributed by atoms with E-state index in [2.05, 4.69) is 155 Å². The number of benzene rings is 5. The lowest BCUT2D eigenvalue weighted by atomic mass is 9.78. The predicted molar refractivity (Wildman–Crippen MR) is 178 cm³/mol. The molecule has 5 aromatic carbocycles. The highest BCUT2D eigenvalue weighted by Gasteiger charge is 2.51. The van der Waals surface area contributed by atoms with Gasteiger partial charge in [-0.25, -0.2) is 0 Å². The maximum atomic E-state index is 6.21. The smallest absolute Gasteiger partial charge is 0.399 e. The second-order valence-corrected chi connectivity index (χ2v) is 13.2. The van der Waals surface area contributed by atoms with Crippen LogP contribution in [0.1, 0.15) is 38.8 Å². The van der Waals surface area contributed by atoms with E-state index in [1.54, 1.807) is 0 Å². The Balaban J connectivity index is 1.06. The summed E-state index contributed by atoms with van der Waals surface area (Å²) in [6.45, 7) is 8.34. The van der Waals surface area contributed by atoms with Crippen molar-refractivity contribution in [2.45, 2.75) is 48.7 Å². The van der Waals surface area contributed by atoms with Gasteiger partial charge in [0.1, 0.15) is 0 Å². The van der Waals surface area contributed by atoms with Crippen molar-refractivity contribution in [3.8, 4) is 33.4 Å². The molecule has 0 atom stereocenters. The van der Waals surface area contributed by atoms with Crippen molar-refractivity contribution in [1.29, 1.82) is 0 Å². The fourth-order valence-electron chi connectivity index (χ4n) is 5.48. The minimum atomic E-state index is -0.340. The zero-order valence-electron chi connectivity index (χ0n) is 24.4. The highest BCUT2D eigenvalue weighted by Crippen LogP contribution is 2.39. The molecule has 5 aromatic rings. The molecule has 1 fully saturated rings. The van der Waals surface area contributed by atoms with Crippen molar-refractivity contribution < 1.29 is 9.31 Å². The predicted octanol–water partition coefficient (Wildman–Crippen LogP) is 9.62. The topological polar surface area (TPSA) is 18.5 Å². The van der Waals surface area contributed by atoms with Gasteiger partial charge in [0.25, 0.3) is 0 Å². The van der Waals surface area contributed by atoms with Gasteiger partial charge in [-0.3, -0.25) is 0 Å². The molecule has 0 aromatic heterocycles. The summed E-state index contributed by atoms with van der Waals surface area (Å²) in [5, 5.41) is 0. The molecule has 0 spiro atoms. The van der Waals surface area contributed by atoms with E-state index in [9.17, 15) is 0 Å². The van der Waals surface area contributed by atoms with E-state index in [0.29, 0.717) is 0 Å². The lowest BCUT2D eigenvalue weighted by Crippen LogP contribution is -2.41. The van der Waals surface area contributed by atoms with Gasteiger partial charge in [-0.05, 0) is 95.9 Å². The summed E-state index contributed by atoms with van der Waals surface area (Å²) in [5.41, 5.74) is 10.1. The average molecular weight is 565 g/mol. The molecule has 2 aliphatic rings. The lowest BCUT2D eigenvalue weighted by molar-refractivity contribution is 0.00578. The summed E-state index contributed by atoms with van der Waals surface area (Å²) < 4.78 is 12.4. The number of rotatable bonds is 4. The lowest BCUT2D eigenvalue weighted by Gasteiger charge is -2.32. The zero-order valence-corrected chi connectivity index (χ0v) is 25.2. The van der Waals surface area contributed by atoms with Crippen LogP contribution in [0, 0.1) is 0 Å². The standard InChI is InChI=1S/C38H33BO2S/c1-37(2)38(3,4)41-39(40-37)34-22-19-29(20-23-34)28-11-9-26(10-12-28)27-13-15-30(16-14-27)32-21-24-36-33(25-32)18-17-31-7-5-6-8-35(31)42-36/h5-25H,1-4H3. The molecular formula is C38H33BO2S. The first-order valence-corrected chi connectivity index (χ1v) is 15.3. The Morgan fingerprint density at radius 1 is 0.476 bits per heavy atom. The first kappa shape index (κ1) is 27.0. The van der Waals surface area contributed by atoms with Crippen molar-refractivity contribution in [2.24, 2.45) is 0 Å². The van der Waals surface area contributed by atoms with Crippen LogP contribution in [0.25, 0.3) is 45.5 Å². The van der Waals surface area contributed by atoms with Crippen LogP contribution in [0.4, 0.5) is 0 Å². The van der Waals surface area contributed by atoms with Gasteiger partial charge in [-0.2, -0.15) is 0 Å². The highest BCUT2D eigenvalue weighted by molar-refractivity contribution is 7.99. The summed E-state index contributed by atoms with van der Waals surface area (Å²) in [4.78, 5) is 2.59. The quantitative estimate of drug-likeness (QED) is 0.199. The van der Waals surface area contributed by atoms with Crippen LogP contribution in [0.15, 0.2) is 125 Å². The Hall–Kier alpha value is -3.83. The molecule has 0 radical (unpaired) electrons. The Morgan fingerprint density at radius 2 is 0.905 bits per heavy atom. The molecule has 4 heteroatoms. The molecule has 0 aliphatic carbocycles. The largest absolute Gasteiger partial charge is 0.494 e. The molecule has 0 N–H and O–H groups in total. The molecule has 0 bridgehead atoms. The molecule has 206 valence electrons.